The fraction of sp³-hybridized carbons (Fsp3) is 0.357. The lowest BCUT2D eigenvalue weighted by Crippen LogP contribution is -1.95. The Bertz CT molecular complexity index is 503. The van der Waals surface area contributed by atoms with Gasteiger partial charge in [0.1, 0.15) is 5.82 Å². The molecule has 0 saturated carbocycles. The number of aryl methyl sites for hydroxylation is 2. The molecule has 0 atom stereocenters. The van der Waals surface area contributed by atoms with E-state index in [2.05, 4.69) is 36.2 Å². The van der Waals surface area contributed by atoms with Gasteiger partial charge in [0.25, 0.3) is 0 Å². The van der Waals surface area contributed by atoms with Crippen molar-refractivity contribution in [2.75, 3.05) is 5.73 Å². The van der Waals surface area contributed by atoms with Gasteiger partial charge in [0.2, 0.25) is 0 Å². The van der Waals surface area contributed by atoms with Crippen LogP contribution in [0.4, 0.5) is 5.82 Å². The second-order valence-corrected chi connectivity index (χ2v) is 4.32. The van der Waals surface area contributed by atoms with E-state index in [1.165, 1.54) is 23.8 Å². The third kappa shape index (κ3) is 2.16. The molecule has 16 heavy (non-hydrogen) atoms. The van der Waals surface area contributed by atoms with Crippen LogP contribution in [0.25, 0.3) is 10.9 Å². The van der Waals surface area contributed by atoms with E-state index in [1.807, 2.05) is 6.92 Å². The Hall–Kier alpha value is -1.57. The zero-order chi connectivity index (χ0) is 11.5. The van der Waals surface area contributed by atoms with Gasteiger partial charge in [0.05, 0.1) is 5.52 Å². The Balaban J connectivity index is 2.41. The molecule has 0 bridgehead atoms. The van der Waals surface area contributed by atoms with Crippen molar-refractivity contribution in [2.45, 2.75) is 33.1 Å². The first kappa shape index (κ1) is 10.9. The summed E-state index contributed by atoms with van der Waals surface area (Å²) in [5.74, 6) is 0.633. The van der Waals surface area contributed by atoms with Crippen molar-refractivity contribution in [1.82, 2.24) is 4.98 Å². The maximum absolute atomic E-state index is 5.79. The third-order valence-electron chi connectivity index (χ3n) is 2.93. The lowest BCUT2D eigenvalue weighted by atomic mass is 10.0. The molecule has 0 fully saturated rings. The van der Waals surface area contributed by atoms with Crippen molar-refractivity contribution >= 4 is 16.7 Å². The van der Waals surface area contributed by atoms with E-state index in [-0.39, 0.29) is 0 Å². The van der Waals surface area contributed by atoms with Crippen molar-refractivity contribution in [2.24, 2.45) is 0 Å². The molecule has 0 unspecified atom stereocenters. The summed E-state index contributed by atoms with van der Waals surface area (Å²) in [6.07, 6.45) is 3.62. The fourth-order valence-corrected chi connectivity index (χ4v) is 1.88. The lowest BCUT2D eigenvalue weighted by molar-refractivity contribution is 0.796. The van der Waals surface area contributed by atoms with E-state index in [9.17, 15) is 0 Å². The number of aromatic nitrogens is 1. The maximum Gasteiger partial charge on any atom is 0.127 e. The zero-order valence-corrected chi connectivity index (χ0v) is 9.96. The highest BCUT2D eigenvalue weighted by Crippen LogP contribution is 2.19. The molecule has 0 aliphatic heterocycles. The molecule has 0 radical (unpaired) electrons. The SMILES string of the molecule is CCCCc1ccc2nc(N)c(C)cc2c1. The maximum atomic E-state index is 5.79. The van der Waals surface area contributed by atoms with Crippen LogP contribution in [0, 0.1) is 6.92 Å². The van der Waals surface area contributed by atoms with Crippen LogP contribution in [0.5, 0.6) is 0 Å². The van der Waals surface area contributed by atoms with Crippen LogP contribution in [-0.4, -0.2) is 4.98 Å². The first-order chi connectivity index (χ1) is 7.70. The van der Waals surface area contributed by atoms with Gasteiger partial charge in [-0.25, -0.2) is 4.98 Å². The topological polar surface area (TPSA) is 38.9 Å². The molecular weight excluding hydrogens is 196 g/mol. The second-order valence-electron chi connectivity index (χ2n) is 4.32. The van der Waals surface area contributed by atoms with Gasteiger partial charge in [0, 0.05) is 5.39 Å². The molecule has 2 rings (SSSR count). The van der Waals surface area contributed by atoms with E-state index >= 15 is 0 Å². The normalized spacial score (nSPS) is 10.9. The van der Waals surface area contributed by atoms with E-state index in [0.717, 1.165) is 17.5 Å². The molecule has 2 N–H and O–H groups in total. The van der Waals surface area contributed by atoms with E-state index in [4.69, 9.17) is 5.73 Å². The number of benzene rings is 1. The van der Waals surface area contributed by atoms with Crippen molar-refractivity contribution in [3.05, 3.63) is 35.4 Å². The minimum atomic E-state index is 0.633. The van der Waals surface area contributed by atoms with Crippen molar-refractivity contribution in [3.8, 4) is 0 Å². The quantitative estimate of drug-likeness (QED) is 0.849. The van der Waals surface area contributed by atoms with Gasteiger partial charge in [-0.1, -0.05) is 19.4 Å². The number of anilines is 1. The fourth-order valence-electron chi connectivity index (χ4n) is 1.88. The molecule has 0 aliphatic carbocycles. The first-order valence-corrected chi connectivity index (χ1v) is 5.86. The zero-order valence-electron chi connectivity index (χ0n) is 9.96. The summed E-state index contributed by atoms with van der Waals surface area (Å²) in [6, 6.07) is 8.56. The van der Waals surface area contributed by atoms with Gasteiger partial charge in [0.15, 0.2) is 0 Å². The Morgan fingerprint density at radius 3 is 2.81 bits per heavy atom. The molecular formula is C14H18N2. The Morgan fingerprint density at radius 2 is 2.06 bits per heavy atom. The number of hydrogen-bond acceptors (Lipinski definition) is 2. The van der Waals surface area contributed by atoms with Gasteiger partial charge in [-0.05, 0) is 49.1 Å². The van der Waals surface area contributed by atoms with Crippen LogP contribution in [0.2, 0.25) is 0 Å². The molecule has 1 heterocycles. The van der Waals surface area contributed by atoms with Gasteiger partial charge in [-0.3, -0.25) is 0 Å². The highest BCUT2D eigenvalue weighted by molar-refractivity contribution is 5.82. The minimum absolute atomic E-state index is 0.633. The number of nitrogen functional groups attached to an aromatic ring is 1. The van der Waals surface area contributed by atoms with Gasteiger partial charge in [-0.2, -0.15) is 0 Å². The van der Waals surface area contributed by atoms with E-state index < -0.39 is 0 Å². The standard InChI is InChI=1S/C14H18N2/c1-3-4-5-11-6-7-13-12(9-11)8-10(2)14(15)16-13/h6-9H,3-5H2,1-2H3,(H2,15,16). The van der Waals surface area contributed by atoms with Crippen LogP contribution in [0.3, 0.4) is 0 Å². The molecule has 2 nitrogen and oxygen atoms in total. The average molecular weight is 214 g/mol. The number of unbranched alkanes of at least 4 members (excludes halogenated alkanes) is 1. The molecule has 0 spiro atoms. The Kier molecular flexibility index (Phi) is 3.09. The third-order valence-corrected chi connectivity index (χ3v) is 2.93. The summed E-state index contributed by atoms with van der Waals surface area (Å²) in [5.41, 5.74) is 9.23. The predicted molar refractivity (Wildman–Crippen MR) is 69.5 cm³/mol. The van der Waals surface area contributed by atoms with Crippen LogP contribution in [0.1, 0.15) is 30.9 Å². The van der Waals surface area contributed by atoms with Crippen LogP contribution in [0.15, 0.2) is 24.3 Å². The van der Waals surface area contributed by atoms with Gasteiger partial charge >= 0.3 is 0 Å². The highest BCUT2D eigenvalue weighted by Gasteiger charge is 2.01. The number of nitrogens with zero attached hydrogens (tertiary/aromatic N) is 1. The molecule has 2 aromatic rings. The Labute approximate surface area is 96.5 Å². The molecule has 84 valence electrons. The summed E-state index contributed by atoms with van der Waals surface area (Å²) in [6.45, 7) is 4.22. The largest absolute Gasteiger partial charge is 0.383 e. The number of hydrogen-bond donors (Lipinski definition) is 1. The molecule has 1 aromatic heterocycles. The number of rotatable bonds is 3. The van der Waals surface area contributed by atoms with Crippen molar-refractivity contribution < 1.29 is 0 Å². The van der Waals surface area contributed by atoms with E-state index in [1.54, 1.807) is 0 Å². The molecule has 0 aliphatic rings. The summed E-state index contributed by atoms with van der Waals surface area (Å²) >= 11 is 0. The van der Waals surface area contributed by atoms with Gasteiger partial charge in [-0.15, -0.1) is 0 Å². The molecule has 2 heteroatoms. The monoisotopic (exact) mass is 214 g/mol. The first-order valence-electron chi connectivity index (χ1n) is 5.86. The van der Waals surface area contributed by atoms with Crippen molar-refractivity contribution in [3.63, 3.8) is 0 Å². The summed E-state index contributed by atoms with van der Waals surface area (Å²) < 4.78 is 0. The van der Waals surface area contributed by atoms with Crippen LogP contribution < -0.4 is 5.73 Å². The number of nitrogens with two attached hydrogens (primary N) is 1. The lowest BCUT2D eigenvalue weighted by Gasteiger charge is -2.05. The second kappa shape index (κ2) is 4.52. The number of pyridine rings is 1. The summed E-state index contributed by atoms with van der Waals surface area (Å²) in [7, 11) is 0. The molecule has 1 aromatic carbocycles. The smallest absolute Gasteiger partial charge is 0.127 e. The predicted octanol–water partition coefficient (Wildman–Crippen LogP) is 3.47. The van der Waals surface area contributed by atoms with E-state index in [0.29, 0.717) is 5.82 Å². The average Bonchev–Trinajstić information content (AvgIpc) is 2.28. The molecule has 0 saturated heterocycles. The van der Waals surface area contributed by atoms with Crippen molar-refractivity contribution in [1.29, 1.82) is 0 Å². The Morgan fingerprint density at radius 1 is 1.25 bits per heavy atom. The summed E-state index contributed by atoms with van der Waals surface area (Å²) in [4.78, 5) is 4.37. The van der Waals surface area contributed by atoms with Crippen LogP contribution in [-0.2, 0) is 6.42 Å². The number of fused-ring (bicyclic) bond motifs is 1. The minimum Gasteiger partial charge on any atom is -0.383 e. The highest BCUT2D eigenvalue weighted by atomic mass is 14.8. The van der Waals surface area contributed by atoms with Gasteiger partial charge < -0.3 is 5.73 Å². The van der Waals surface area contributed by atoms with Crippen LogP contribution >= 0.6 is 0 Å². The molecule has 0 amide bonds. The summed E-state index contributed by atoms with van der Waals surface area (Å²) in [5, 5.41) is 1.19.